The van der Waals surface area contributed by atoms with Crippen molar-refractivity contribution in [3.8, 4) is 0 Å². The fourth-order valence-corrected chi connectivity index (χ4v) is 3.70. The van der Waals surface area contributed by atoms with E-state index in [1.807, 2.05) is 23.3 Å². The molecule has 0 aromatic carbocycles. The number of likely N-dealkylation sites (tertiary alicyclic amines) is 1. The first-order valence-electron chi connectivity index (χ1n) is 7.46. The number of thiazole rings is 1. The predicted octanol–water partition coefficient (Wildman–Crippen LogP) is 2.20. The molecule has 1 aliphatic heterocycles. The number of carbonyl (C=O) groups excluding carboxylic acids is 1. The Morgan fingerprint density at radius 1 is 1.55 bits per heavy atom. The molecule has 1 saturated heterocycles. The van der Waals surface area contributed by atoms with Crippen LogP contribution in [0.25, 0.3) is 0 Å². The molecule has 0 bridgehead atoms. The topological polar surface area (TPSA) is 54.3 Å². The van der Waals surface area contributed by atoms with Crippen molar-refractivity contribution in [2.75, 3.05) is 18.5 Å². The van der Waals surface area contributed by atoms with E-state index >= 15 is 0 Å². The van der Waals surface area contributed by atoms with Crippen LogP contribution in [-0.2, 0) is 18.4 Å². The van der Waals surface area contributed by atoms with E-state index in [9.17, 15) is 4.79 Å². The van der Waals surface area contributed by atoms with Crippen LogP contribution in [-0.4, -0.2) is 39.2 Å². The molecule has 0 N–H and O–H groups in total. The molecule has 22 heavy (non-hydrogen) atoms. The van der Waals surface area contributed by atoms with Crippen molar-refractivity contribution < 1.29 is 4.79 Å². The number of hydrogen-bond donors (Lipinski definition) is 0. The lowest BCUT2D eigenvalue weighted by molar-refractivity contribution is -0.116. The predicted molar refractivity (Wildman–Crippen MR) is 86.8 cm³/mol. The van der Waals surface area contributed by atoms with E-state index in [2.05, 4.69) is 21.2 Å². The monoisotopic (exact) mass is 319 g/mol. The second-order valence-corrected chi connectivity index (χ2v) is 6.61. The van der Waals surface area contributed by atoms with Crippen LogP contribution in [0.5, 0.6) is 0 Å². The maximum Gasteiger partial charge on any atom is 0.225 e. The van der Waals surface area contributed by atoms with E-state index < -0.39 is 0 Å². The van der Waals surface area contributed by atoms with Crippen molar-refractivity contribution in [1.82, 2.24) is 19.7 Å². The Bertz CT molecular complexity index is 664. The third kappa shape index (κ3) is 3.05. The summed E-state index contributed by atoms with van der Waals surface area (Å²) < 4.78 is 1.86. The van der Waals surface area contributed by atoms with Gasteiger partial charge in [0, 0.05) is 50.7 Å². The van der Waals surface area contributed by atoms with Gasteiger partial charge >= 0.3 is 0 Å². The maximum absolute atomic E-state index is 11.4. The summed E-state index contributed by atoms with van der Waals surface area (Å²) >= 11 is 1.52. The van der Waals surface area contributed by atoms with Crippen LogP contribution in [0.3, 0.4) is 0 Å². The summed E-state index contributed by atoms with van der Waals surface area (Å²) in [6, 6.07) is 0.421. The molecule has 2 aromatic heterocycles. The molecule has 0 unspecified atom stereocenters. The normalized spacial score (nSPS) is 18.8. The fraction of sp³-hybridized carbons (Fsp3) is 0.533. The highest BCUT2D eigenvalue weighted by molar-refractivity contribution is 7.14. The molecule has 0 radical (unpaired) electrons. The molecule has 1 aliphatic rings. The highest BCUT2D eigenvalue weighted by Gasteiger charge is 2.27. The lowest BCUT2D eigenvalue weighted by atomic mass is 10.1. The molecular formula is C15H21N5OS. The highest BCUT2D eigenvalue weighted by Crippen LogP contribution is 2.33. The zero-order chi connectivity index (χ0) is 15.7. The lowest BCUT2D eigenvalue weighted by Crippen LogP contribution is -2.24. The van der Waals surface area contributed by atoms with Gasteiger partial charge < -0.3 is 0 Å². The lowest BCUT2D eigenvalue weighted by Gasteiger charge is -2.22. The van der Waals surface area contributed by atoms with Crippen LogP contribution < -0.4 is 4.90 Å². The average Bonchev–Trinajstić information content (AvgIpc) is 3.19. The van der Waals surface area contributed by atoms with Gasteiger partial charge in [-0.3, -0.25) is 19.3 Å². The average molecular weight is 319 g/mol. The number of rotatable bonds is 4. The smallest absolute Gasteiger partial charge is 0.225 e. The van der Waals surface area contributed by atoms with Crippen LogP contribution in [0.15, 0.2) is 17.8 Å². The molecule has 3 rings (SSSR count). The van der Waals surface area contributed by atoms with Crippen molar-refractivity contribution >= 4 is 22.4 Å². The molecule has 6 nitrogen and oxygen atoms in total. The Balaban J connectivity index is 1.71. The third-order valence-electron chi connectivity index (χ3n) is 4.14. The summed E-state index contributed by atoms with van der Waals surface area (Å²) in [6.45, 7) is 3.46. The van der Waals surface area contributed by atoms with E-state index in [1.165, 1.54) is 23.3 Å². The van der Waals surface area contributed by atoms with Gasteiger partial charge in [0.05, 0.1) is 11.9 Å². The molecule has 1 amide bonds. The number of aromatic nitrogens is 3. The summed E-state index contributed by atoms with van der Waals surface area (Å²) in [7, 11) is 3.71. The van der Waals surface area contributed by atoms with Crippen LogP contribution in [0.1, 0.15) is 37.1 Å². The first-order valence-corrected chi connectivity index (χ1v) is 8.34. The molecule has 0 saturated carbocycles. The minimum atomic E-state index is 0.00955. The molecule has 1 atom stereocenters. The van der Waals surface area contributed by atoms with Gasteiger partial charge in [-0.15, -0.1) is 11.3 Å². The van der Waals surface area contributed by atoms with E-state index in [0.717, 1.165) is 30.3 Å². The minimum absolute atomic E-state index is 0.00955. The number of hydrogen-bond acceptors (Lipinski definition) is 5. The van der Waals surface area contributed by atoms with Gasteiger partial charge in [0.25, 0.3) is 0 Å². The zero-order valence-corrected chi connectivity index (χ0v) is 14.0. The highest BCUT2D eigenvalue weighted by atomic mass is 32.1. The Kier molecular flexibility index (Phi) is 4.26. The van der Waals surface area contributed by atoms with Gasteiger partial charge in [0.2, 0.25) is 5.91 Å². The molecule has 0 spiro atoms. The van der Waals surface area contributed by atoms with Crippen LogP contribution in [0, 0.1) is 0 Å². The van der Waals surface area contributed by atoms with Crippen molar-refractivity contribution in [1.29, 1.82) is 0 Å². The Labute approximate surface area is 134 Å². The van der Waals surface area contributed by atoms with Crippen LogP contribution in [0.4, 0.5) is 5.13 Å². The maximum atomic E-state index is 11.4. The van der Waals surface area contributed by atoms with E-state index in [0.29, 0.717) is 6.04 Å². The van der Waals surface area contributed by atoms with Crippen molar-refractivity contribution in [3.63, 3.8) is 0 Å². The van der Waals surface area contributed by atoms with E-state index in [4.69, 9.17) is 0 Å². The SMILES string of the molecule is CC(=O)N(C)c1nc(CN2CCC[C@@H]2c2cnn(C)c2)cs1. The summed E-state index contributed by atoms with van der Waals surface area (Å²) in [5.41, 5.74) is 2.31. The van der Waals surface area contributed by atoms with Crippen LogP contribution >= 0.6 is 11.3 Å². The van der Waals surface area contributed by atoms with Crippen molar-refractivity contribution in [2.24, 2.45) is 7.05 Å². The number of nitrogens with zero attached hydrogens (tertiary/aromatic N) is 5. The standard InChI is InChI=1S/C15H21N5OS/c1-11(21)19(3)15-17-13(10-22-15)9-20-6-4-5-14(20)12-7-16-18(2)8-12/h7-8,10,14H,4-6,9H2,1-3H3/t14-/m1/s1. The van der Waals surface area contributed by atoms with E-state index in [-0.39, 0.29) is 5.91 Å². The Morgan fingerprint density at radius 3 is 3.05 bits per heavy atom. The fourth-order valence-electron chi connectivity index (χ4n) is 2.87. The number of aryl methyl sites for hydroxylation is 1. The van der Waals surface area contributed by atoms with Crippen molar-refractivity contribution in [3.05, 3.63) is 29.0 Å². The molecule has 0 aliphatic carbocycles. The van der Waals surface area contributed by atoms with Gasteiger partial charge in [-0.25, -0.2) is 4.98 Å². The van der Waals surface area contributed by atoms with Crippen molar-refractivity contribution in [2.45, 2.75) is 32.4 Å². The van der Waals surface area contributed by atoms with Gasteiger partial charge in [-0.05, 0) is 19.4 Å². The number of carbonyl (C=O) groups is 1. The minimum Gasteiger partial charge on any atom is -0.292 e. The molecule has 2 aromatic rings. The Morgan fingerprint density at radius 2 is 2.36 bits per heavy atom. The first kappa shape index (κ1) is 15.2. The first-order chi connectivity index (χ1) is 10.5. The molecule has 1 fully saturated rings. The third-order valence-corrected chi connectivity index (χ3v) is 5.10. The summed E-state index contributed by atoms with van der Waals surface area (Å²) in [5.74, 6) is 0.00955. The second-order valence-electron chi connectivity index (χ2n) is 5.78. The summed E-state index contributed by atoms with van der Waals surface area (Å²) in [4.78, 5) is 20.0. The van der Waals surface area contributed by atoms with Gasteiger partial charge in [0.15, 0.2) is 5.13 Å². The molecule has 3 heterocycles. The zero-order valence-electron chi connectivity index (χ0n) is 13.2. The van der Waals surface area contributed by atoms with Gasteiger partial charge in [-0.1, -0.05) is 0 Å². The quantitative estimate of drug-likeness (QED) is 0.867. The second kappa shape index (κ2) is 6.18. The largest absolute Gasteiger partial charge is 0.292 e. The number of anilines is 1. The summed E-state index contributed by atoms with van der Waals surface area (Å²) in [6.07, 6.45) is 6.41. The summed E-state index contributed by atoms with van der Waals surface area (Å²) in [5, 5.41) is 7.09. The molecule has 118 valence electrons. The molecular weight excluding hydrogens is 298 g/mol. The van der Waals surface area contributed by atoms with Crippen LogP contribution in [0.2, 0.25) is 0 Å². The Hall–Kier alpha value is -1.73. The van der Waals surface area contributed by atoms with Gasteiger partial charge in [-0.2, -0.15) is 5.10 Å². The molecule has 7 heteroatoms. The van der Waals surface area contributed by atoms with E-state index in [1.54, 1.807) is 18.9 Å². The van der Waals surface area contributed by atoms with Gasteiger partial charge in [0.1, 0.15) is 0 Å². The number of amides is 1.